The largest absolute Gasteiger partial charge is 0.384 e. The number of aromatic nitrogens is 8. The van der Waals surface area contributed by atoms with Gasteiger partial charge in [-0.2, -0.15) is 0 Å². The number of aliphatic hydroxyl groups is 2. The van der Waals surface area contributed by atoms with Gasteiger partial charge in [0, 0.05) is 103 Å². The normalized spacial score (nSPS) is 19.6. The Bertz CT molecular complexity index is 2970. The first-order valence-electron chi connectivity index (χ1n) is 26.7. The molecule has 74 heavy (non-hydrogen) atoms. The number of fused-ring (bicyclic) bond motifs is 4. The summed E-state index contributed by atoms with van der Waals surface area (Å²) in [5.41, 5.74) is 10.6. The quantitative estimate of drug-likeness (QED) is 0.109. The predicted molar refractivity (Wildman–Crippen MR) is 287 cm³/mol. The molecule has 16 heteroatoms. The van der Waals surface area contributed by atoms with Gasteiger partial charge < -0.3 is 29.8 Å². The molecular formula is C58H68N14O2. The van der Waals surface area contributed by atoms with Gasteiger partial charge in [-0.05, 0) is 124 Å². The minimum atomic E-state index is -1.43. The lowest BCUT2D eigenvalue weighted by molar-refractivity contribution is 0.00851. The molecule has 2 fully saturated rings. The van der Waals surface area contributed by atoms with Crippen molar-refractivity contribution in [2.45, 2.75) is 89.0 Å². The molecule has 0 bridgehead atoms. The summed E-state index contributed by atoms with van der Waals surface area (Å²) in [6, 6.07) is 33.1. The van der Waals surface area contributed by atoms with Gasteiger partial charge in [0.2, 0.25) is 0 Å². The summed E-state index contributed by atoms with van der Waals surface area (Å²) in [4.78, 5) is 45.0. The third kappa shape index (κ3) is 9.66. The van der Waals surface area contributed by atoms with Crippen LogP contribution in [0.1, 0.15) is 107 Å². The number of likely N-dealkylation sites (N-methyl/N-ethyl adjacent to an activating group) is 2. The SMILES string of the molecule is CN1CCN(c2cccc3nc(CN(Cc4ccccn4)[C@H]4CCCc5cccnc54)c(C(O)C(O)c4c(CN(Cc5ccccn5)[C@H]5CCCc6cccnc65)nc5cccc(N6CCN(C)CC6)n45)n23)CC1. The Morgan fingerprint density at radius 3 is 1.34 bits per heavy atom. The Labute approximate surface area is 433 Å². The highest BCUT2D eigenvalue weighted by Crippen LogP contribution is 2.42. The van der Waals surface area contributed by atoms with Crippen LogP contribution in [0.15, 0.2) is 122 Å². The molecular weight excluding hydrogens is 925 g/mol. The zero-order valence-electron chi connectivity index (χ0n) is 42.7. The fourth-order valence-electron chi connectivity index (χ4n) is 12.2. The van der Waals surface area contributed by atoms with E-state index < -0.39 is 12.2 Å². The maximum atomic E-state index is 13.7. The van der Waals surface area contributed by atoms with Crippen molar-refractivity contribution in [3.63, 3.8) is 0 Å². The van der Waals surface area contributed by atoms with Crippen LogP contribution in [0.5, 0.6) is 0 Å². The maximum Gasteiger partial charge on any atom is 0.138 e. The Hall–Kier alpha value is -6.66. The van der Waals surface area contributed by atoms with Gasteiger partial charge in [-0.25, -0.2) is 9.97 Å². The number of hydrogen-bond acceptors (Lipinski definition) is 14. The number of piperazine rings is 2. The molecule has 0 amide bonds. The van der Waals surface area contributed by atoms with Crippen LogP contribution >= 0.6 is 0 Å². The lowest BCUT2D eigenvalue weighted by Crippen LogP contribution is -2.45. The molecule has 4 aliphatic rings. The number of rotatable bonds is 15. The van der Waals surface area contributed by atoms with Gasteiger partial charge in [0.15, 0.2) is 0 Å². The van der Waals surface area contributed by atoms with Crippen LogP contribution in [-0.4, -0.2) is 135 Å². The number of nitrogens with zero attached hydrogens (tertiary/aromatic N) is 14. The molecule has 12 rings (SSSR count). The number of hydrogen-bond donors (Lipinski definition) is 2. The van der Waals surface area contributed by atoms with E-state index in [1.165, 1.54) is 11.1 Å². The van der Waals surface area contributed by atoms with Gasteiger partial charge in [0.05, 0.1) is 57.6 Å². The van der Waals surface area contributed by atoms with Crippen molar-refractivity contribution in [3.05, 3.63) is 179 Å². The first kappa shape index (κ1) is 48.3. The van der Waals surface area contributed by atoms with E-state index >= 15 is 0 Å². The number of pyridine rings is 6. The van der Waals surface area contributed by atoms with Crippen LogP contribution in [0.2, 0.25) is 0 Å². The molecule has 4 atom stereocenters. The molecule has 0 radical (unpaired) electrons. The molecule has 8 aromatic rings. The Kier molecular flexibility index (Phi) is 13.9. The third-order valence-corrected chi connectivity index (χ3v) is 16.1. The smallest absolute Gasteiger partial charge is 0.138 e. The van der Waals surface area contributed by atoms with Crippen molar-refractivity contribution in [1.29, 1.82) is 0 Å². The minimum Gasteiger partial charge on any atom is -0.384 e. The summed E-state index contributed by atoms with van der Waals surface area (Å²) >= 11 is 0. The monoisotopic (exact) mass is 993 g/mol. The molecule has 2 saturated heterocycles. The van der Waals surface area contributed by atoms with Crippen LogP contribution in [-0.2, 0) is 39.0 Å². The standard InChI is InChI=1S/C58H68N14O2/c1-65-29-33-67(34-30-65)51-23-9-21-49-63-45(39-69(37-43-17-3-5-25-59-43)47-19-7-13-41-15-11-27-61-53(41)47)55(71(49)51)57(73)58(74)56-46(64-50-22-10-24-52(72(50)56)68-35-31-66(2)32-36-68)40-70(38-44-18-4-6-26-60-44)48-20-8-14-42-16-12-28-62-54(42)48/h3-6,9-12,15-18,21-28,47-48,57-58,73-74H,7-8,13-14,19-20,29-40H2,1-2H3/t47-,48-,57?,58?/m0/s1. The van der Waals surface area contributed by atoms with Gasteiger partial charge in [-0.1, -0.05) is 36.4 Å². The average Bonchev–Trinajstić information content (AvgIpc) is 4.01. The second-order valence-corrected chi connectivity index (χ2v) is 20.9. The van der Waals surface area contributed by atoms with E-state index in [9.17, 15) is 10.2 Å². The van der Waals surface area contributed by atoms with Crippen LogP contribution in [0.4, 0.5) is 11.6 Å². The van der Waals surface area contributed by atoms with Crippen LogP contribution in [0, 0.1) is 0 Å². The van der Waals surface area contributed by atoms with E-state index in [2.05, 4.69) is 101 Å². The second kappa shape index (κ2) is 21.3. The number of anilines is 2. The van der Waals surface area contributed by atoms with Crippen molar-refractivity contribution in [2.75, 3.05) is 76.3 Å². The zero-order valence-corrected chi connectivity index (χ0v) is 42.7. The molecule has 0 aromatic carbocycles. The summed E-state index contributed by atoms with van der Waals surface area (Å²) in [6.45, 7) is 8.75. The maximum absolute atomic E-state index is 13.7. The summed E-state index contributed by atoms with van der Waals surface area (Å²) in [5.74, 6) is 1.89. The molecule has 0 spiro atoms. The number of aryl methyl sites for hydroxylation is 2. The van der Waals surface area contributed by atoms with Gasteiger partial charge in [-0.3, -0.25) is 38.5 Å². The Morgan fingerprint density at radius 1 is 0.486 bits per heavy atom. The van der Waals surface area contributed by atoms with Gasteiger partial charge >= 0.3 is 0 Å². The fraction of sp³-hybridized carbons (Fsp3) is 0.414. The lowest BCUT2D eigenvalue weighted by atomic mass is 9.90. The van der Waals surface area contributed by atoms with Crippen molar-refractivity contribution in [2.24, 2.45) is 0 Å². The third-order valence-electron chi connectivity index (χ3n) is 16.1. The predicted octanol–water partition coefficient (Wildman–Crippen LogP) is 6.99. The molecule has 10 heterocycles. The van der Waals surface area contributed by atoms with E-state index in [4.69, 9.17) is 29.9 Å². The molecule has 2 unspecified atom stereocenters. The fourth-order valence-corrected chi connectivity index (χ4v) is 12.2. The highest BCUT2D eigenvalue weighted by atomic mass is 16.3. The molecule has 8 aromatic heterocycles. The second-order valence-electron chi connectivity index (χ2n) is 20.9. The van der Waals surface area contributed by atoms with E-state index in [0.29, 0.717) is 49.0 Å². The summed E-state index contributed by atoms with van der Waals surface area (Å²) in [6.07, 6.45) is 10.5. The highest BCUT2D eigenvalue weighted by Gasteiger charge is 2.38. The van der Waals surface area contributed by atoms with Crippen LogP contribution in [0.25, 0.3) is 11.3 Å². The summed E-state index contributed by atoms with van der Waals surface area (Å²) < 4.78 is 4.26. The average molecular weight is 993 g/mol. The van der Waals surface area contributed by atoms with Crippen LogP contribution in [0.3, 0.4) is 0 Å². The van der Waals surface area contributed by atoms with E-state index in [-0.39, 0.29) is 12.1 Å². The lowest BCUT2D eigenvalue weighted by Gasteiger charge is -2.36. The van der Waals surface area contributed by atoms with Gasteiger partial charge in [0.25, 0.3) is 0 Å². The van der Waals surface area contributed by atoms with E-state index in [1.807, 2.05) is 73.3 Å². The zero-order chi connectivity index (χ0) is 50.1. The highest BCUT2D eigenvalue weighted by molar-refractivity contribution is 5.58. The van der Waals surface area contributed by atoms with Crippen LogP contribution < -0.4 is 9.80 Å². The van der Waals surface area contributed by atoms with E-state index in [1.54, 1.807) is 0 Å². The van der Waals surface area contributed by atoms with Crippen molar-refractivity contribution in [3.8, 4) is 0 Å². The number of imidazole rings is 2. The first-order chi connectivity index (χ1) is 36.3. The topological polar surface area (TPSA) is 146 Å². The van der Waals surface area contributed by atoms with Crippen molar-refractivity contribution < 1.29 is 10.2 Å². The van der Waals surface area contributed by atoms with Crippen molar-refractivity contribution in [1.82, 2.24) is 58.3 Å². The summed E-state index contributed by atoms with van der Waals surface area (Å²) in [7, 11) is 4.33. The Morgan fingerprint density at radius 2 is 0.919 bits per heavy atom. The molecule has 0 saturated carbocycles. The minimum absolute atomic E-state index is 0.0141. The number of aliphatic hydroxyl groups excluding tert-OH is 2. The molecule has 2 aliphatic carbocycles. The van der Waals surface area contributed by atoms with E-state index in [0.717, 1.165) is 137 Å². The molecule has 2 N–H and O–H groups in total. The Balaban J connectivity index is 1.02. The van der Waals surface area contributed by atoms with Gasteiger partial charge in [-0.15, -0.1) is 0 Å². The summed E-state index contributed by atoms with van der Waals surface area (Å²) in [5, 5.41) is 27.3. The molecule has 2 aliphatic heterocycles. The first-order valence-corrected chi connectivity index (χ1v) is 26.7. The molecule has 382 valence electrons. The molecule has 16 nitrogen and oxygen atoms in total. The van der Waals surface area contributed by atoms with Crippen molar-refractivity contribution >= 4 is 22.9 Å². The van der Waals surface area contributed by atoms with Gasteiger partial charge in [0.1, 0.15) is 35.1 Å².